The van der Waals surface area contributed by atoms with E-state index in [4.69, 9.17) is 21.1 Å². The first kappa shape index (κ1) is 21.9. The lowest BCUT2D eigenvalue weighted by Crippen LogP contribution is -2.00. The summed E-state index contributed by atoms with van der Waals surface area (Å²) >= 11 is 9.80. The van der Waals surface area contributed by atoms with Gasteiger partial charge in [0.15, 0.2) is 11.5 Å². The molecule has 0 aliphatic carbocycles. The van der Waals surface area contributed by atoms with Crippen LogP contribution in [0, 0.1) is 11.3 Å². The highest BCUT2D eigenvalue weighted by Gasteiger charge is 2.13. The molecule has 4 rings (SSSR count). The van der Waals surface area contributed by atoms with Gasteiger partial charge in [-0.1, -0.05) is 41.9 Å². The van der Waals surface area contributed by atoms with Crippen LogP contribution < -0.4 is 9.47 Å². The minimum Gasteiger partial charge on any atom is -0.493 e. The Labute approximate surface area is 199 Å². The highest BCUT2D eigenvalue weighted by Crippen LogP contribution is 2.38. The van der Waals surface area contributed by atoms with Crippen molar-refractivity contribution in [1.82, 2.24) is 9.55 Å². The van der Waals surface area contributed by atoms with Crippen molar-refractivity contribution >= 4 is 44.6 Å². The van der Waals surface area contributed by atoms with Crippen molar-refractivity contribution in [1.29, 1.82) is 5.26 Å². The largest absolute Gasteiger partial charge is 0.493 e. The molecular weight excluding hydrogens is 490 g/mol. The van der Waals surface area contributed by atoms with Gasteiger partial charge in [-0.3, -0.25) is 0 Å². The number of hydrogen-bond acceptors (Lipinski definition) is 4. The minimum absolute atomic E-state index is 0.307. The quantitative estimate of drug-likeness (QED) is 0.262. The SMILES string of the molecule is COc1cc(/C=C(/C#N)Cn2cnc3ccccc32)cc(Br)c1OCc1ccccc1Cl. The highest BCUT2D eigenvalue weighted by molar-refractivity contribution is 9.10. The average Bonchev–Trinajstić information content (AvgIpc) is 3.21. The molecule has 1 aromatic heterocycles. The molecule has 7 heteroatoms. The lowest BCUT2D eigenvalue weighted by atomic mass is 10.1. The van der Waals surface area contributed by atoms with Crippen LogP contribution in [0.15, 0.2) is 77.0 Å². The molecule has 160 valence electrons. The molecule has 32 heavy (non-hydrogen) atoms. The van der Waals surface area contributed by atoms with Crippen molar-refractivity contribution in [2.24, 2.45) is 0 Å². The Morgan fingerprint density at radius 3 is 2.75 bits per heavy atom. The van der Waals surface area contributed by atoms with Gasteiger partial charge >= 0.3 is 0 Å². The van der Waals surface area contributed by atoms with Gasteiger partial charge in [0.05, 0.1) is 41.6 Å². The third kappa shape index (κ3) is 4.80. The Hall–Kier alpha value is -3.27. The van der Waals surface area contributed by atoms with Gasteiger partial charge in [-0.15, -0.1) is 0 Å². The number of aromatic nitrogens is 2. The minimum atomic E-state index is 0.307. The van der Waals surface area contributed by atoms with Gasteiger partial charge in [0.1, 0.15) is 6.61 Å². The molecule has 0 bridgehead atoms. The van der Waals surface area contributed by atoms with E-state index in [1.54, 1.807) is 13.4 Å². The molecule has 0 fully saturated rings. The Kier molecular flexibility index (Phi) is 6.79. The second-order valence-corrected chi connectivity index (χ2v) is 8.32. The Morgan fingerprint density at radius 1 is 1.19 bits per heavy atom. The number of benzene rings is 3. The summed E-state index contributed by atoms with van der Waals surface area (Å²) in [5, 5.41) is 10.4. The summed E-state index contributed by atoms with van der Waals surface area (Å²) in [7, 11) is 1.58. The van der Waals surface area contributed by atoms with E-state index in [1.807, 2.05) is 71.3 Å². The third-order valence-electron chi connectivity index (χ3n) is 4.93. The molecule has 1 heterocycles. The van der Waals surface area contributed by atoms with E-state index in [0.29, 0.717) is 35.2 Å². The van der Waals surface area contributed by atoms with Crippen LogP contribution in [0.1, 0.15) is 11.1 Å². The fraction of sp³-hybridized carbons (Fsp3) is 0.120. The van der Waals surface area contributed by atoms with Crippen LogP contribution in [0.3, 0.4) is 0 Å². The van der Waals surface area contributed by atoms with E-state index in [9.17, 15) is 5.26 Å². The Morgan fingerprint density at radius 2 is 1.97 bits per heavy atom. The number of para-hydroxylation sites is 2. The van der Waals surface area contributed by atoms with E-state index in [-0.39, 0.29) is 0 Å². The van der Waals surface area contributed by atoms with E-state index in [0.717, 1.165) is 26.6 Å². The van der Waals surface area contributed by atoms with Crippen molar-refractivity contribution in [3.05, 3.63) is 93.2 Å². The van der Waals surface area contributed by atoms with Gasteiger partial charge in [-0.25, -0.2) is 4.98 Å². The first-order valence-electron chi connectivity index (χ1n) is 9.83. The lowest BCUT2D eigenvalue weighted by Gasteiger charge is -2.14. The summed E-state index contributed by atoms with van der Waals surface area (Å²) in [4.78, 5) is 4.39. The zero-order valence-electron chi connectivity index (χ0n) is 17.3. The summed E-state index contributed by atoms with van der Waals surface area (Å²) in [6.07, 6.45) is 3.58. The second kappa shape index (κ2) is 9.90. The van der Waals surface area contributed by atoms with Crippen LogP contribution in [0.25, 0.3) is 17.1 Å². The molecule has 0 unspecified atom stereocenters. The zero-order chi connectivity index (χ0) is 22.5. The number of nitriles is 1. The number of nitrogens with zero attached hydrogens (tertiary/aromatic N) is 3. The number of methoxy groups -OCH3 is 1. The third-order valence-corrected chi connectivity index (χ3v) is 5.89. The van der Waals surface area contributed by atoms with Crippen molar-refractivity contribution in [2.45, 2.75) is 13.2 Å². The molecule has 0 aliphatic rings. The molecule has 0 saturated carbocycles. The van der Waals surface area contributed by atoms with Gasteiger partial charge in [0.25, 0.3) is 0 Å². The van der Waals surface area contributed by atoms with Gasteiger partial charge in [-0.2, -0.15) is 5.26 Å². The van der Waals surface area contributed by atoms with Crippen LogP contribution in [-0.4, -0.2) is 16.7 Å². The maximum Gasteiger partial charge on any atom is 0.175 e. The first-order valence-corrected chi connectivity index (χ1v) is 11.0. The number of hydrogen-bond donors (Lipinski definition) is 0. The second-order valence-electron chi connectivity index (χ2n) is 7.06. The number of halogens is 2. The summed E-state index contributed by atoms with van der Waals surface area (Å²) in [6, 6.07) is 21.4. The number of ether oxygens (including phenoxy) is 2. The van der Waals surface area contributed by atoms with Gasteiger partial charge in [0, 0.05) is 16.2 Å². The Bertz CT molecular complexity index is 1340. The molecule has 0 aliphatic heterocycles. The van der Waals surface area contributed by atoms with Crippen molar-refractivity contribution in [2.75, 3.05) is 7.11 Å². The predicted molar refractivity (Wildman–Crippen MR) is 130 cm³/mol. The van der Waals surface area contributed by atoms with E-state index >= 15 is 0 Å². The first-order chi connectivity index (χ1) is 15.6. The normalized spacial score (nSPS) is 11.4. The van der Waals surface area contributed by atoms with E-state index in [1.165, 1.54) is 0 Å². The number of fused-ring (bicyclic) bond motifs is 1. The number of rotatable bonds is 7. The highest BCUT2D eigenvalue weighted by atomic mass is 79.9. The van der Waals surface area contributed by atoms with Crippen LogP contribution in [-0.2, 0) is 13.2 Å². The molecule has 0 amide bonds. The summed E-state index contributed by atoms with van der Waals surface area (Å²) in [5.74, 6) is 1.13. The van der Waals surface area contributed by atoms with Crippen LogP contribution in [0.2, 0.25) is 5.02 Å². The predicted octanol–water partition coefficient (Wildman–Crippen LogP) is 6.65. The van der Waals surface area contributed by atoms with Gasteiger partial charge < -0.3 is 14.0 Å². The van der Waals surface area contributed by atoms with E-state index < -0.39 is 0 Å². The molecule has 0 radical (unpaired) electrons. The van der Waals surface area contributed by atoms with Crippen LogP contribution in [0.4, 0.5) is 0 Å². The average molecular weight is 509 g/mol. The molecule has 3 aromatic carbocycles. The number of allylic oxidation sites excluding steroid dienone is 1. The molecule has 5 nitrogen and oxygen atoms in total. The van der Waals surface area contributed by atoms with Crippen LogP contribution in [0.5, 0.6) is 11.5 Å². The van der Waals surface area contributed by atoms with Gasteiger partial charge in [0.2, 0.25) is 0 Å². The molecule has 4 aromatic rings. The maximum atomic E-state index is 9.71. The smallest absolute Gasteiger partial charge is 0.175 e. The molecule has 0 atom stereocenters. The Balaban J connectivity index is 1.59. The molecular formula is C25H19BrClN3O2. The van der Waals surface area contributed by atoms with Crippen LogP contribution >= 0.6 is 27.5 Å². The summed E-state index contributed by atoms with van der Waals surface area (Å²) in [6.45, 7) is 0.725. The molecule has 0 spiro atoms. The van der Waals surface area contributed by atoms with E-state index in [2.05, 4.69) is 27.0 Å². The topological polar surface area (TPSA) is 60.1 Å². The van der Waals surface area contributed by atoms with Crippen molar-refractivity contribution in [3.63, 3.8) is 0 Å². The fourth-order valence-corrected chi connectivity index (χ4v) is 4.13. The summed E-state index contributed by atoms with van der Waals surface area (Å²) in [5.41, 5.74) is 4.17. The standard InChI is InChI=1S/C25H19BrClN3O2/c1-31-24-12-17(11-20(26)25(24)32-15-19-6-2-3-7-21(19)27)10-18(13-28)14-30-16-29-22-8-4-5-9-23(22)30/h2-12,16H,14-15H2,1H3/b18-10-. The maximum absolute atomic E-state index is 9.71. The monoisotopic (exact) mass is 507 g/mol. The molecule has 0 saturated heterocycles. The lowest BCUT2D eigenvalue weighted by molar-refractivity contribution is 0.282. The van der Waals surface area contributed by atoms with Gasteiger partial charge in [-0.05, 0) is 57.9 Å². The number of imidazole rings is 1. The van der Waals surface area contributed by atoms with Crippen molar-refractivity contribution in [3.8, 4) is 17.6 Å². The van der Waals surface area contributed by atoms with Crippen molar-refractivity contribution < 1.29 is 9.47 Å². The fourth-order valence-electron chi connectivity index (χ4n) is 3.36. The summed E-state index contributed by atoms with van der Waals surface area (Å²) < 4.78 is 14.2. The molecule has 0 N–H and O–H groups in total. The zero-order valence-corrected chi connectivity index (χ0v) is 19.6.